The molecule has 1 aliphatic rings. The Morgan fingerprint density at radius 1 is 1.07 bits per heavy atom. The zero-order valence-electron chi connectivity index (χ0n) is 14.4. The van der Waals surface area contributed by atoms with E-state index in [2.05, 4.69) is 4.74 Å². The Morgan fingerprint density at radius 3 is 2.19 bits per heavy atom. The number of halogens is 2. The minimum atomic E-state index is -2.16. The van der Waals surface area contributed by atoms with E-state index < -0.39 is 55.0 Å². The van der Waals surface area contributed by atoms with Gasteiger partial charge < -0.3 is 24.8 Å². The summed E-state index contributed by atoms with van der Waals surface area (Å²) in [4.78, 5) is 24.5. The topological polar surface area (TPSA) is 124 Å². The van der Waals surface area contributed by atoms with Crippen molar-refractivity contribution in [1.29, 1.82) is 0 Å². The lowest BCUT2D eigenvalue weighted by molar-refractivity contribution is 0.0601. The Kier molecular flexibility index (Phi) is 6.32. The van der Waals surface area contributed by atoms with E-state index in [1.54, 1.807) is 0 Å². The molecule has 1 aromatic carbocycles. The van der Waals surface area contributed by atoms with Crippen LogP contribution in [0.2, 0.25) is 5.82 Å². The van der Waals surface area contributed by atoms with Crippen LogP contribution in [0.15, 0.2) is 41.5 Å². The van der Waals surface area contributed by atoms with Gasteiger partial charge in [-0.3, -0.25) is 4.79 Å². The van der Waals surface area contributed by atoms with Gasteiger partial charge in [-0.15, -0.1) is 0 Å². The SMILES string of the molecule is COC(=O)c1cc(B(O)O)cc(C(=O)C2=C(F)C=C(F)C(B(O)O)C2C)c1. The third-order valence-electron chi connectivity index (χ3n) is 4.34. The molecule has 27 heavy (non-hydrogen) atoms. The molecule has 0 saturated heterocycles. The van der Waals surface area contributed by atoms with Gasteiger partial charge in [0.15, 0.2) is 5.78 Å². The van der Waals surface area contributed by atoms with Crippen molar-refractivity contribution in [2.75, 3.05) is 7.11 Å². The lowest BCUT2D eigenvalue weighted by Crippen LogP contribution is -2.33. The second kappa shape index (κ2) is 8.13. The molecule has 4 N–H and O–H groups in total. The highest BCUT2D eigenvalue weighted by molar-refractivity contribution is 6.58. The van der Waals surface area contributed by atoms with Gasteiger partial charge in [0.1, 0.15) is 11.7 Å². The third-order valence-corrected chi connectivity index (χ3v) is 4.34. The average molecular weight is 380 g/mol. The number of rotatable bonds is 5. The molecule has 0 aromatic heterocycles. The summed E-state index contributed by atoms with van der Waals surface area (Å²) in [5.74, 6) is -6.94. The number of carbonyl (C=O) groups excluding carboxylic acids is 2. The molecule has 0 fully saturated rings. The van der Waals surface area contributed by atoms with Gasteiger partial charge in [0.05, 0.1) is 18.5 Å². The van der Waals surface area contributed by atoms with Crippen LogP contribution >= 0.6 is 0 Å². The van der Waals surface area contributed by atoms with Gasteiger partial charge in [-0.1, -0.05) is 13.0 Å². The van der Waals surface area contributed by atoms with Crippen LogP contribution in [0, 0.1) is 5.92 Å². The number of hydrogen-bond donors (Lipinski definition) is 4. The molecule has 7 nitrogen and oxygen atoms in total. The summed E-state index contributed by atoms with van der Waals surface area (Å²) in [6.07, 6.45) is 0.392. The first-order chi connectivity index (χ1) is 12.6. The summed E-state index contributed by atoms with van der Waals surface area (Å²) in [5, 5.41) is 37.4. The molecule has 0 radical (unpaired) electrons. The van der Waals surface area contributed by atoms with Crippen LogP contribution in [-0.2, 0) is 4.74 Å². The molecule has 2 atom stereocenters. The van der Waals surface area contributed by atoms with E-state index in [-0.39, 0.29) is 16.6 Å². The van der Waals surface area contributed by atoms with Gasteiger partial charge in [-0.25, -0.2) is 13.6 Å². The van der Waals surface area contributed by atoms with E-state index in [0.29, 0.717) is 6.08 Å². The van der Waals surface area contributed by atoms with Gasteiger partial charge in [-0.05, 0) is 23.5 Å². The first kappa shape index (κ1) is 21.0. The molecule has 0 heterocycles. The zero-order chi connectivity index (χ0) is 20.5. The summed E-state index contributed by atoms with van der Waals surface area (Å²) < 4.78 is 32.7. The van der Waals surface area contributed by atoms with E-state index in [4.69, 9.17) is 0 Å². The Hall–Kier alpha value is -2.33. The molecule has 1 aromatic rings. The number of benzene rings is 1. The van der Waals surface area contributed by atoms with Crippen LogP contribution in [0.4, 0.5) is 8.78 Å². The second-order valence-electron chi connectivity index (χ2n) is 6.06. The van der Waals surface area contributed by atoms with Crippen molar-refractivity contribution in [3.05, 3.63) is 52.6 Å². The van der Waals surface area contributed by atoms with Gasteiger partial charge in [-0.2, -0.15) is 0 Å². The Morgan fingerprint density at radius 2 is 1.67 bits per heavy atom. The molecule has 2 rings (SSSR count). The van der Waals surface area contributed by atoms with Gasteiger partial charge >= 0.3 is 20.2 Å². The maximum absolute atomic E-state index is 14.3. The maximum atomic E-state index is 14.3. The number of allylic oxidation sites excluding steroid dienone is 4. The van der Waals surface area contributed by atoms with Crippen molar-refractivity contribution in [1.82, 2.24) is 0 Å². The number of hydrogen-bond acceptors (Lipinski definition) is 7. The molecule has 0 spiro atoms. The fraction of sp³-hybridized carbons (Fsp3) is 0.250. The molecule has 2 unspecified atom stereocenters. The van der Waals surface area contributed by atoms with Crippen LogP contribution in [0.1, 0.15) is 27.6 Å². The van der Waals surface area contributed by atoms with Crippen molar-refractivity contribution >= 4 is 31.5 Å². The smallest absolute Gasteiger partial charge is 0.465 e. The lowest BCUT2D eigenvalue weighted by Gasteiger charge is -2.27. The Balaban J connectivity index is 2.58. The number of ketones is 1. The number of carbonyl (C=O) groups is 2. The molecular formula is C16H16B2F2O7. The highest BCUT2D eigenvalue weighted by Crippen LogP contribution is 2.42. The number of esters is 1. The van der Waals surface area contributed by atoms with Crippen molar-refractivity contribution in [2.45, 2.75) is 12.7 Å². The summed E-state index contributed by atoms with van der Waals surface area (Å²) in [5.41, 5.74) is -1.21. The van der Waals surface area contributed by atoms with Gasteiger partial charge in [0, 0.05) is 17.2 Å². The fourth-order valence-electron chi connectivity index (χ4n) is 2.97. The highest BCUT2D eigenvalue weighted by atomic mass is 19.1. The quantitative estimate of drug-likeness (QED) is 0.320. The van der Waals surface area contributed by atoms with Crippen LogP contribution in [0.25, 0.3) is 0 Å². The minimum absolute atomic E-state index is 0.184. The van der Waals surface area contributed by atoms with Gasteiger partial charge in [0.25, 0.3) is 0 Å². The molecule has 0 bridgehead atoms. The molecule has 1 aliphatic carbocycles. The normalized spacial score (nSPS) is 19.5. The predicted molar refractivity (Wildman–Crippen MR) is 92.4 cm³/mol. The van der Waals surface area contributed by atoms with E-state index >= 15 is 0 Å². The largest absolute Gasteiger partial charge is 0.488 e. The van der Waals surface area contributed by atoms with Crippen LogP contribution in [0.5, 0.6) is 0 Å². The van der Waals surface area contributed by atoms with Crippen LogP contribution in [-0.4, -0.2) is 53.2 Å². The van der Waals surface area contributed by atoms with E-state index in [1.165, 1.54) is 6.92 Å². The standard InChI is InChI=1S/C16H16B2F2O7/c1-7-13(11(19)6-12(20)14(7)18(25)26)15(21)8-3-9(16(22)27-2)5-10(4-8)17(23)24/h3-7,14,23-26H,1-2H3. The molecular weight excluding hydrogens is 364 g/mol. The van der Waals surface area contributed by atoms with Crippen molar-refractivity contribution in [2.24, 2.45) is 5.92 Å². The molecule has 11 heteroatoms. The molecule has 0 saturated carbocycles. The average Bonchev–Trinajstić information content (AvgIpc) is 2.59. The zero-order valence-corrected chi connectivity index (χ0v) is 14.4. The molecule has 0 aliphatic heterocycles. The monoisotopic (exact) mass is 380 g/mol. The third kappa shape index (κ3) is 4.16. The first-order valence-corrected chi connectivity index (χ1v) is 7.85. The summed E-state index contributed by atoms with van der Waals surface area (Å²) in [7, 11) is -3.10. The van der Waals surface area contributed by atoms with E-state index in [9.17, 15) is 38.5 Å². The summed E-state index contributed by atoms with van der Waals surface area (Å²) in [6.45, 7) is 1.25. The molecule has 0 amide bonds. The van der Waals surface area contributed by atoms with Crippen molar-refractivity contribution < 1.29 is 43.2 Å². The van der Waals surface area contributed by atoms with Gasteiger partial charge in [0.2, 0.25) is 0 Å². The highest BCUT2D eigenvalue weighted by Gasteiger charge is 2.41. The second-order valence-corrected chi connectivity index (χ2v) is 6.06. The first-order valence-electron chi connectivity index (χ1n) is 7.85. The number of Topliss-reactive ketones (excluding diaryl/α,β-unsaturated/α-hetero) is 1. The molecule has 142 valence electrons. The van der Waals surface area contributed by atoms with Crippen LogP contribution < -0.4 is 5.46 Å². The lowest BCUT2D eigenvalue weighted by atomic mass is 9.61. The van der Waals surface area contributed by atoms with E-state index in [1.807, 2.05) is 0 Å². The minimum Gasteiger partial charge on any atom is -0.465 e. The van der Waals surface area contributed by atoms with Crippen molar-refractivity contribution in [3.63, 3.8) is 0 Å². The Bertz CT molecular complexity index is 836. The summed E-state index contributed by atoms with van der Waals surface area (Å²) in [6, 6.07) is 3.18. The summed E-state index contributed by atoms with van der Waals surface area (Å²) >= 11 is 0. The van der Waals surface area contributed by atoms with Crippen molar-refractivity contribution in [3.8, 4) is 0 Å². The number of ether oxygens (including phenoxy) is 1. The van der Waals surface area contributed by atoms with E-state index in [0.717, 1.165) is 25.3 Å². The number of methoxy groups -OCH3 is 1. The Labute approximate surface area is 153 Å². The predicted octanol–water partition coefficient (Wildman–Crippen LogP) is -0.0946. The fourth-order valence-corrected chi connectivity index (χ4v) is 2.97. The maximum Gasteiger partial charge on any atom is 0.488 e. The van der Waals surface area contributed by atoms with Crippen LogP contribution in [0.3, 0.4) is 0 Å².